The first kappa shape index (κ1) is 16.9. The molecular formula is C15H12Cl3NS2. The Labute approximate surface area is 149 Å². The molecule has 0 aromatic heterocycles. The molecule has 110 valence electrons. The second kappa shape index (κ2) is 7.70. The number of aryl methyl sites for hydroxylation is 1. The molecule has 2 aromatic rings. The normalized spacial score (nSPS) is 10.5. The molecule has 6 heteroatoms. The number of benzene rings is 2. The Balaban J connectivity index is 1.92. The number of hydrogen-bond donors (Lipinski definition) is 1. The van der Waals surface area contributed by atoms with Crippen molar-refractivity contribution in [3.8, 4) is 0 Å². The highest BCUT2D eigenvalue weighted by atomic mass is 35.5. The van der Waals surface area contributed by atoms with E-state index < -0.39 is 0 Å². The molecule has 1 nitrogen and oxygen atoms in total. The predicted octanol–water partition coefficient (Wildman–Crippen LogP) is 6.59. The number of nitrogens with one attached hydrogen (secondary N) is 1. The zero-order chi connectivity index (χ0) is 15.4. The van der Waals surface area contributed by atoms with Crippen molar-refractivity contribution in [2.75, 3.05) is 5.32 Å². The van der Waals surface area contributed by atoms with Crippen molar-refractivity contribution in [2.45, 2.75) is 12.7 Å². The van der Waals surface area contributed by atoms with Crippen LogP contribution in [-0.4, -0.2) is 4.32 Å². The van der Waals surface area contributed by atoms with Crippen LogP contribution in [0.2, 0.25) is 15.1 Å². The zero-order valence-electron chi connectivity index (χ0n) is 11.1. The summed E-state index contributed by atoms with van der Waals surface area (Å²) in [6, 6.07) is 11.3. The Morgan fingerprint density at radius 3 is 2.48 bits per heavy atom. The first-order valence-corrected chi connectivity index (χ1v) is 8.62. The van der Waals surface area contributed by atoms with Gasteiger partial charge in [-0.05, 0) is 42.3 Å². The molecule has 0 aliphatic heterocycles. The van der Waals surface area contributed by atoms with Crippen LogP contribution in [0.4, 0.5) is 5.69 Å². The summed E-state index contributed by atoms with van der Waals surface area (Å²) in [5.41, 5.74) is 2.99. The maximum Gasteiger partial charge on any atom is 0.138 e. The Morgan fingerprint density at radius 1 is 1.05 bits per heavy atom. The predicted molar refractivity (Wildman–Crippen MR) is 100 cm³/mol. The molecule has 0 spiro atoms. The molecule has 0 heterocycles. The second-order valence-corrected chi connectivity index (χ2v) is 7.29. The minimum absolute atomic E-state index is 0.555. The fourth-order valence-electron chi connectivity index (χ4n) is 1.60. The van der Waals surface area contributed by atoms with Crippen molar-refractivity contribution < 1.29 is 0 Å². The molecule has 0 fully saturated rings. The lowest BCUT2D eigenvalue weighted by Gasteiger charge is -2.09. The van der Waals surface area contributed by atoms with Crippen molar-refractivity contribution in [3.63, 3.8) is 0 Å². The molecule has 2 rings (SSSR count). The maximum absolute atomic E-state index is 6.09. The molecule has 0 radical (unpaired) electrons. The van der Waals surface area contributed by atoms with Crippen LogP contribution in [0.1, 0.15) is 11.1 Å². The van der Waals surface area contributed by atoms with Crippen molar-refractivity contribution in [1.82, 2.24) is 0 Å². The SMILES string of the molecule is Cc1ccc(NC(=S)SCc2ccc(Cl)c(Cl)c2)cc1Cl. The summed E-state index contributed by atoms with van der Waals surface area (Å²) in [6.45, 7) is 1.96. The Kier molecular flexibility index (Phi) is 6.20. The summed E-state index contributed by atoms with van der Waals surface area (Å²) in [6.07, 6.45) is 0. The smallest absolute Gasteiger partial charge is 0.138 e. The molecule has 0 atom stereocenters. The third-order valence-electron chi connectivity index (χ3n) is 2.77. The van der Waals surface area contributed by atoms with Gasteiger partial charge in [0.05, 0.1) is 10.0 Å². The number of rotatable bonds is 3. The maximum atomic E-state index is 6.09. The summed E-state index contributed by atoms with van der Waals surface area (Å²) in [5, 5.41) is 4.99. The molecule has 0 unspecified atom stereocenters. The van der Waals surface area contributed by atoms with Gasteiger partial charge in [-0.25, -0.2) is 0 Å². The van der Waals surface area contributed by atoms with E-state index in [1.165, 1.54) is 11.8 Å². The van der Waals surface area contributed by atoms with Crippen LogP contribution in [0.15, 0.2) is 36.4 Å². The Bertz CT molecular complexity index is 674. The molecule has 2 aromatic carbocycles. The molecule has 0 saturated carbocycles. The van der Waals surface area contributed by atoms with Crippen LogP contribution in [0.5, 0.6) is 0 Å². The average Bonchev–Trinajstić information content (AvgIpc) is 2.44. The third kappa shape index (κ3) is 5.04. The van der Waals surface area contributed by atoms with Crippen LogP contribution in [0, 0.1) is 6.92 Å². The van der Waals surface area contributed by atoms with Gasteiger partial charge < -0.3 is 5.32 Å². The molecule has 21 heavy (non-hydrogen) atoms. The van der Waals surface area contributed by atoms with Gasteiger partial charge in [0.1, 0.15) is 4.32 Å². The van der Waals surface area contributed by atoms with Gasteiger partial charge in [-0.2, -0.15) is 0 Å². The highest BCUT2D eigenvalue weighted by Gasteiger charge is 2.04. The lowest BCUT2D eigenvalue weighted by Crippen LogP contribution is -2.04. The van der Waals surface area contributed by atoms with Crippen molar-refractivity contribution in [3.05, 3.63) is 62.6 Å². The van der Waals surface area contributed by atoms with E-state index in [4.69, 9.17) is 47.0 Å². The van der Waals surface area contributed by atoms with E-state index >= 15 is 0 Å². The minimum Gasteiger partial charge on any atom is -0.341 e. The molecule has 0 amide bonds. The quantitative estimate of drug-likeness (QED) is 0.607. The van der Waals surface area contributed by atoms with E-state index in [2.05, 4.69) is 5.32 Å². The summed E-state index contributed by atoms with van der Waals surface area (Å²) in [7, 11) is 0. The van der Waals surface area contributed by atoms with Gasteiger partial charge in [-0.1, -0.05) is 70.9 Å². The van der Waals surface area contributed by atoms with Crippen LogP contribution in [-0.2, 0) is 5.75 Å². The number of hydrogen-bond acceptors (Lipinski definition) is 2. The molecule has 0 bridgehead atoms. The lowest BCUT2D eigenvalue weighted by atomic mass is 10.2. The van der Waals surface area contributed by atoms with Crippen LogP contribution in [0.3, 0.4) is 0 Å². The minimum atomic E-state index is 0.555. The van der Waals surface area contributed by atoms with Crippen LogP contribution >= 0.6 is 58.8 Å². The van der Waals surface area contributed by atoms with Gasteiger partial charge in [0.2, 0.25) is 0 Å². The van der Waals surface area contributed by atoms with Crippen molar-refractivity contribution in [2.24, 2.45) is 0 Å². The molecule has 0 aliphatic rings. The van der Waals surface area contributed by atoms with Crippen LogP contribution < -0.4 is 5.32 Å². The summed E-state index contributed by atoms with van der Waals surface area (Å²) in [4.78, 5) is 0. The van der Waals surface area contributed by atoms with Gasteiger partial charge in [-0.15, -0.1) is 0 Å². The monoisotopic (exact) mass is 375 g/mol. The second-order valence-electron chi connectivity index (χ2n) is 4.41. The molecule has 0 saturated heterocycles. The van der Waals surface area contributed by atoms with E-state index in [-0.39, 0.29) is 0 Å². The number of thioether (sulfide) groups is 1. The van der Waals surface area contributed by atoms with Crippen LogP contribution in [0.25, 0.3) is 0 Å². The fourth-order valence-corrected chi connectivity index (χ4v) is 3.07. The van der Waals surface area contributed by atoms with Gasteiger partial charge in [0.25, 0.3) is 0 Å². The topological polar surface area (TPSA) is 12.0 Å². The van der Waals surface area contributed by atoms with E-state index in [1.807, 2.05) is 37.3 Å². The summed E-state index contributed by atoms with van der Waals surface area (Å²) < 4.78 is 0.681. The van der Waals surface area contributed by atoms with E-state index in [9.17, 15) is 0 Å². The van der Waals surface area contributed by atoms with Gasteiger partial charge in [-0.3, -0.25) is 0 Å². The summed E-state index contributed by atoms with van der Waals surface area (Å²) in [5.74, 6) is 0.725. The highest BCUT2D eigenvalue weighted by Crippen LogP contribution is 2.26. The standard InChI is InChI=1S/C15H12Cl3NS2/c1-9-2-4-11(7-13(9)17)19-15(20)21-8-10-3-5-12(16)14(18)6-10/h2-7H,8H2,1H3,(H,19,20). The Morgan fingerprint density at radius 2 is 1.81 bits per heavy atom. The first-order chi connectivity index (χ1) is 9.95. The molecular weight excluding hydrogens is 365 g/mol. The number of halogens is 3. The summed E-state index contributed by atoms with van der Waals surface area (Å²) >= 11 is 24.8. The van der Waals surface area contributed by atoms with Gasteiger partial charge in [0, 0.05) is 16.5 Å². The van der Waals surface area contributed by atoms with E-state index in [0.717, 1.165) is 27.6 Å². The Hall–Kier alpha value is -0.450. The number of anilines is 1. The molecule has 0 aliphatic carbocycles. The number of thiocarbonyl (C=S) groups is 1. The van der Waals surface area contributed by atoms with Crippen molar-refractivity contribution >= 4 is 68.8 Å². The van der Waals surface area contributed by atoms with E-state index in [1.54, 1.807) is 6.07 Å². The molecule has 1 N–H and O–H groups in total. The van der Waals surface area contributed by atoms with E-state index in [0.29, 0.717) is 14.4 Å². The lowest BCUT2D eigenvalue weighted by molar-refractivity contribution is 1.42. The largest absolute Gasteiger partial charge is 0.341 e. The first-order valence-electron chi connectivity index (χ1n) is 6.09. The fraction of sp³-hybridized carbons (Fsp3) is 0.133. The van der Waals surface area contributed by atoms with Gasteiger partial charge in [0.15, 0.2) is 0 Å². The highest BCUT2D eigenvalue weighted by molar-refractivity contribution is 8.22. The van der Waals surface area contributed by atoms with Crippen molar-refractivity contribution in [1.29, 1.82) is 0 Å². The third-order valence-corrected chi connectivity index (χ3v) is 5.22. The average molecular weight is 377 g/mol. The zero-order valence-corrected chi connectivity index (χ0v) is 15.0. The van der Waals surface area contributed by atoms with Gasteiger partial charge >= 0.3 is 0 Å².